The molecule has 0 heterocycles. The molecule has 4 heteroatoms. The lowest BCUT2D eigenvalue weighted by molar-refractivity contribution is -0.0709. The predicted molar refractivity (Wildman–Crippen MR) is 57.1 cm³/mol. The molecule has 0 bridgehead atoms. The summed E-state index contributed by atoms with van der Waals surface area (Å²) < 4.78 is 0. The molecule has 0 aliphatic carbocycles. The summed E-state index contributed by atoms with van der Waals surface area (Å²) in [5, 5.41) is 29.4. The highest BCUT2D eigenvalue weighted by Crippen LogP contribution is 2.07. The van der Waals surface area contributed by atoms with Gasteiger partial charge >= 0.3 is 0 Å². The van der Waals surface area contributed by atoms with Crippen molar-refractivity contribution in [2.45, 2.75) is 25.7 Å². The fraction of sp³-hybridized carbons (Fsp3) is 0.455. The first-order valence-electron chi connectivity index (χ1n) is 4.89. The maximum atomic E-state index is 9.04. The molecule has 1 unspecified atom stereocenters. The molecule has 0 aliphatic heterocycles. The summed E-state index contributed by atoms with van der Waals surface area (Å²) >= 11 is 0. The molecule has 0 amide bonds. The molecule has 0 radical (unpaired) electrons. The zero-order valence-corrected chi connectivity index (χ0v) is 8.72. The van der Waals surface area contributed by atoms with Crippen LogP contribution in [0.25, 0.3) is 0 Å². The number of nitrogens with one attached hydrogen (secondary N) is 1. The van der Waals surface area contributed by atoms with Crippen molar-refractivity contribution < 1.29 is 15.3 Å². The van der Waals surface area contributed by atoms with Crippen LogP contribution in [-0.4, -0.2) is 34.4 Å². The summed E-state index contributed by atoms with van der Waals surface area (Å²) in [6, 6.07) is 7.26. The van der Waals surface area contributed by atoms with E-state index in [-0.39, 0.29) is 6.73 Å². The zero-order valence-electron chi connectivity index (χ0n) is 8.72. The quantitative estimate of drug-likeness (QED) is 0.507. The van der Waals surface area contributed by atoms with E-state index in [1.165, 1.54) is 0 Å². The second-order valence-corrected chi connectivity index (χ2v) is 3.57. The van der Waals surface area contributed by atoms with E-state index in [1.54, 1.807) is 0 Å². The lowest BCUT2D eigenvalue weighted by Gasteiger charge is -2.19. The van der Waals surface area contributed by atoms with Crippen LogP contribution in [0.15, 0.2) is 24.3 Å². The molecule has 1 aromatic rings. The fourth-order valence-corrected chi connectivity index (χ4v) is 1.38. The van der Waals surface area contributed by atoms with Crippen LogP contribution in [0.4, 0.5) is 0 Å². The summed E-state index contributed by atoms with van der Waals surface area (Å²) in [5.41, 5.74) is 2.16. The Morgan fingerprint density at radius 2 is 1.80 bits per heavy atom. The number of hydrogen-bond acceptors (Lipinski definition) is 4. The van der Waals surface area contributed by atoms with Crippen molar-refractivity contribution in [1.82, 2.24) is 5.32 Å². The largest absolute Gasteiger partial charge is 0.381 e. The summed E-state index contributed by atoms with van der Waals surface area (Å²) in [6.07, 6.45) is -1.00. The van der Waals surface area contributed by atoms with Crippen molar-refractivity contribution in [1.29, 1.82) is 0 Å². The van der Waals surface area contributed by atoms with Gasteiger partial charge in [0.15, 0.2) is 6.29 Å². The lowest BCUT2D eigenvalue weighted by Crippen LogP contribution is -2.41. The van der Waals surface area contributed by atoms with Gasteiger partial charge in [-0.3, -0.25) is 5.32 Å². The van der Waals surface area contributed by atoms with Crippen molar-refractivity contribution in [2.75, 3.05) is 6.73 Å². The Hall–Kier alpha value is -0.940. The van der Waals surface area contributed by atoms with Crippen LogP contribution in [0, 0.1) is 6.92 Å². The molecule has 1 rings (SSSR count). The van der Waals surface area contributed by atoms with Crippen LogP contribution in [0.1, 0.15) is 11.1 Å². The van der Waals surface area contributed by atoms with E-state index < -0.39 is 12.3 Å². The lowest BCUT2D eigenvalue weighted by atomic mass is 10.0. The standard InChI is InChI=1S/C11H17NO3/c1-8-2-4-9(5-3-8)6-10(11(14)15)12-7-13/h2-5,10-15H,6-7H2,1H3. The molecule has 1 aromatic carbocycles. The van der Waals surface area contributed by atoms with Crippen LogP contribution in [0.5, 0.6) is 0 Å². The van der Waals surface area contributed by atoms with Crippen LogP contribution in [-0.2, 0) is 6.42 Å². The molecule has 0 fully saturated rings. The molecule has 4 nitrogen and oxygen atoms in total. The minimum atomic E-state index is -1.47. The molecule has 0 spiro atoms. The highest BCUT2D eigenvalue weighted by Gasteiger charge is 2.15. The minimum Gasteiger partial charge on any atom is -0.381 e. The van der Waals surface area contributed by atoms with E-state index in [2.05, 4.69) is 5.32 Å². The topological polar surface area (TPSA) is 72.7 Å². The van der Waals surface area contributed by atoms with Crippen LogP contribution < -0.4 is 5.32 Å². The molecule has 4 N–H and O–H groups in total. The highest BCUT2D eigenvalue weighted by molar-refractivity contribution is 5.22. The first-order chi connectivity index (χ1) is 7.13. The fourth-order valence-electron chi connectivity index (χ4n) is 1.38. The highest BCUT2D eigenvalue weighted by atomic mass is 16.5. The summed E-state index contributed by atoms with van der Waals surface area (Å²) in [7, 11) is 0. The number of benzene rings is 1. The predicted octanol–water partition coefficient (Wildman–Crippen LogP) is -0.244. The number of aryl methyl sites for hydroxylation is 1. The van der Waals surface area contributed by atoms with Crippen molar-refractivity contribution >= 4 is 0 Å². The molecular formula is C11H17NO3. The average Bonchev–Trinajstić information content (AvgIpc) is 2.20. The molecular weight excluding hydrogens is 194 g/mol. The Morgan fingerprint density at radius 1 is 1.20 bits per heavy atom. The van der Waals surface area contributed by atoms with Crippen molar-refractivity contribution in [3.63, 3.8) is 0 Å². The molecule has 0 saturated carbocycles. The third-order valence-electron chi connectivity index (χ3n) is 2.29. The Morgan fingerprint density at radius 3 is 2.27 bits per heavy atom. The smallest absolute Gasteiger partial charge is 0.167 e. The van der Waals surface area contributed by atoms with E-state index in [1.807, 2.05) is 31.2 Å². The SMILES string of the molecule is Cc1ccc(CC(NCO)C(O)O)cc1. The first-order valence-corrected chi connectivity index (χ1v) is 4.89. The van der Waals surface area contributed by atoms with Gasteiger partial charge in [-0.05, 0) is 18.9 Å². The van der Waals surface area contributed by atoms with Gasteiger partial charge in [0.2, 0.25) is 0 Å². The molecule has 1 atom stereocenters. The number of hydrogen-bond donors (Lipinski definition) is 4. The maximum Gasteiger partial charge on any atom is 0.167 e. The number of rotatable bonds is 5. The number of aliphatic hydroxyl groups is 3. The summed E-state index contributed by atoms with van der Waals surface area (Å²) in [4.78, 5) is 0. The third-order valence-corrected chi connectivity index (χ3v) is 2.29. The van der Waals surface area contributed by atoms with E-state index in [0.29, 0.717) is 6.42 Å². The monoisotopic (exact) mass is 211 g/mol. The van der Waals surface area contributed by atoms with E-state index in [0.717, 1.165) is 11.1 Å². The summed E-state index contributed by atoms with van der Waals surface area (Å²) in [6.45, 7) is 1.72. The van der Waals surface area contributed by atoms with E-state index >= 15 is 0 Å². The van der Waals surface area contributed by atoms with Gasteiger partial charge in [0, 0.05) is 0 Å². The maximum absolute atomic E-state index is 9.04. The van der Waals surface area contributed by atoms with Gasteiger partial charge in [0.1, 0.15) is 0 Å². The van der Waals surface area contributed by atoms with Gasteiger partial charge in [0.25, 0.3) is 0 Å². The Labute approximate surface area is 89.2 Å². The van der Waals surface area contributed by atoms with Gasteiger partial charge in [-0.25, -0.2) is 0 Å². The Kier molecular flexibility index (Phi) is 4.71. The minimum absolute atomic E-state index is 0.270. The zero-order chi connectivity index (χ0) is 11.3. The van der Waals surface area contributed by atoms with E-state index in [4.69, 9.17) is 15.3 Å². The Balaban J connectivity index is 2.61. The molecule has 0 aliphatic rings. The van der Waals surface area contributed by atoms with Crippen LogP contribution in [0.2, 0.25) is 0 Å². The van der Waals surface area contributed by atoms with Crippen molar-refractivity contribution in [3.8, 4) is 0 Å². The van der Waals surface area contributed by atoms with Gasteiger partial charge < -0.3 is 15.3 Å². The van der Waals surface area contributed by atoms with Crippen LogP contribution in [0.3, 0.4) is 0 Å². The second-order valence-electron chi connectivity index (χ2n) is 3.57. The molecule has 84 valence electrons. The summed E-state index contributed by atoms with van der Waals surface area (Å²) in [5.74, 6) is 0. The van der Waals surface area contributed by atoms with Crippen molar-refractivity contribution in [3.05, 3.63) is 35.4 Å². The second kappa shape index (κ2) is 5.82. The molecule has 15 heavy (non-hydrogen) atoms. The first kappa shape index (κ1) is 12.1. The van der Waals surface area contributed by atoms with Gasteiger partial charge in [0.05, 0.1) is 12.8 Å². The van der Waals surface area contributed by atoms with Gasteiger partial charge in [-0.2, -0.15) is 0 Å². The molecule has 0 aromatic heterocycles. The number of aliphatic hydroxyl groups excluding tert-OH is 2. The normalized spacial score (nSPS) is 13.1. The van der Waals surface area contributed by atoms with E-state index in [9.17, 15) is 0 Å². The third kappa shape index (κ3) is 3.97. The van der Waals surface area contributed by atoms with Gasteiger partial charge in [-0.15, -0.1) is 0 Å². The van der Waals surface area contributed by atoms with Crippen molar-refractivity contribution in [2.24, 2.45) is 0 Å². The van der Waals surface area contributed by atoms with Crippen LogP contribution >= 0.6 is 0 Å². The Bertz CT molecular complexity index is 284. The van der Waals surface area contributed by atoms with Gasteiger partial charge in [-0.1, -0.05) is 29.8 Å². The molecule has 0 saturated heterocycles. The average molecular weight is 211 g/mol.